The van der Waals surface area contributed by atoms with Crippen molar-refractivity contribution in [3.05, 3.63) is 47.7 Å². The zero-order valence-electron chi connectivity index (χ0n) is 11.7. The van der Waals surface area contributed by atoms with Crippen molar-refractivity contribution in [3.63, 3.8) is 0 Å². The summed E-state index contributed by atoms with van der Waals surface area (Å²) in [6.07, 6.45) is 2.68. The normalized spacial score (nSPS) is 9.85. The summed E-state index contributed by atoms with van der Waals surface area (Å²) in [6, 6.07) is 11.6. The lowest BCUT2D eigenvalue weighted by Gasteiger charge is -2.10. The van der Waals surface area contributed by atoms with Crippen LogP contribution in [0.2, 0.25) is 0 Å². The summed E-state index contributed by atoms with van der Waals surface area (Å²) in [5.74, 6) is 1.42. The second kappa shape index (κ2) is 6.58. The first-order valence-electron chi connectivity index (χ1n) is 6.60. The number of benzene rings is 1. The third-order valence-electron chi connectivity index (χ3n) is 2.86. The summed E-state index contributed by atoms with van der Waals surface area (Å²) in [6.45, 7) is 4.68. The Bertz CT molecular complexity index is 615. The predicted molar refractivity (Wildman–Crippen MR) is 79.2 cm³/mol. The summed E-state index contributed by atoms with van der Waals surface area (Å²) < 4.78 is 5.53. The smallest absolute Gasteiger partial charge is 0.148 e. The summed E-state index contributed by atoms with van der Waals surface area (Å²) in [7, 11) is 0. The minimum atomic E-state index is 0.568. The van der Waals surface area contributed by atoms with Gasteiger partial charge in [0.15, 0.2) is 0 Å². The van der Waals surface area contributed by atoms with Gasteiger partial charge < -0.3 is 10.1 Å². The molecule has 2 aromatic rings. The van der Waals surface area contributed by atoms with Crippen molar-refractivity contribution in [2.45, 2.75) is 20.3 Å². The van der Waals surface area contributed by atoms with Gasteiger partial charge in [-0.05, 0) is 49.2 Å². The maximum Gasteiger partial charge on any atom is 0.148 e. The molecule has 0 fully saturated rings. The van der Waals surface area contributed by atoms with Crippen LogP contribution in [-0.2, 0) is 0 Å². The largest absolute Gasteiger partial charge is 0.494 e. The van der Waals surface area contributed by atoms with Crippen molar-refractivity contribution in [2.24, 2.45) is 0 Å². The molecule has 102 valence electrons. The topological polar surface area (TPSA) is 57.9 Å². The van der Waals surface area contributed by atoms with Crippen LogP contribution in [0.1, 0.15) is 24.5 Å². The molecule has 1 aromatic heterocycles. The summed E-state index contributed by atoms with van der Waals surface area (Å²) >= 11 is 0. The lowest BCUT2D eigenvalue weighted by molar-refractivity contribution is 0.317. The maximum atomic E-state index is 9.17. The van der Waals surface area contributed by atoms with Gasteiger partial charge in [0.1, 0.15) is 17.6 Å². The van der Waals surface area contributed by atoms with Crippen molar-refractivity contribution in [1.82, 2.24) is 4.98 Å². The van der Waals surface area contributed by atoms with E-state index in [-0.39, 0.29) is 0 Å². The number of nitrogens with one attached hydrogen (secondary N) is 1. The van der Waals surface area contributed by atoms with E-state index in [1.54, 1.807) is 6.20 Å². The number of rotatable bonds is 5. The zero-order valence-corrected chi connectivity index (χ0v) is 11.7. The third kappa shape index (κ3) is 3.27. The molecule has 0 aliphatic heterocycles. The van der Waals surface area contributed by atoms with Gasteiger partial charge in [-0.2, -0.15) is 5.26 Å². The molecular weight excluding hydrogens is 250 g/mol. The van der Waals surface area contributed by atoms with E-state index in [1.807, 2.05) is 37.3 Å². The molecule has 0 unspecified atom stereocenters. The van der Waals surface area contributed by atoms with Gasteiger partial charge in [0.2, 0.25) is 0 Å². The number of hydrogen-bond donors (Lipinski definition) is 1. The number of pyridine rings is 1. The molecule has 1 heterocycles. The maximum absolute atomic E-state index is 9.17. The number of hydrogen-bond acceptors (Lipinski definition) is 4. The first-order valence-corrected chi connectivity index (χ1v) is 6.60. The van der Waals surface area contributed by atoms with Gasteiger partial charge in [-0.3, -0.25) is 0 Å². The van der Waals surface area contributed by atoms with Crippen LogP contribution in [0.25, 0.3) is 0 Å². The highest BCUT2D eigenvalue weighted by Gasteiger charge is 2.06. The van der Waals surface area contributed by atoms with E-state index in [0.29, 0.717) is 18.0 Å². The van der Waals surface area contributed by atoms with Crippen LogP contribution in [0.3, 0.4) is 0 Å². The molecule has 20 heavy (non-hydrogen) atoms. The summed E-state index contributed by atoms with van der Waals surface area (Å²) in [5.41, 5.74) is 2.36. The molecule has 0 aliphatic rings. The van der Waals surface area contributed by atoms with Crippen LogP contribution < -0.4 is 10.1 Å². The van der Waals surface area contributed by atoms with Crippen LogP contribution in [0.5, 0.6) is 5.75 Å². The molecule has 1 aromatic carbocycles. The summed E-state index contributed by atoms with van der Waals surface area (Å²) in [5, 5.41) is 12.3. The van der Waals surface area contributed by atoms with E-state index in [1.165, 1.54) is 0 Å². The number of ether oxygens (including phenoxy) is 1. The molecule has 0 saturated carbocycles. The van der Waals surface area contributed by atoms with Crippen LogP contribution in [0, 0.1) is 18.3 Å². The average Bonchev–Trinajstić information content (AvgIpc) is 2.47. The molecule has 4 heteroatoms. The molecule has 2 rings (SSSR count). The molecule has 0 bridgehead atoms. The Kier molecular flexibility index (Phi) is 4.56. The van der Waals surface area contributed by atoms with E-state index in [9.17, 15) is 0 Å². The number of anilines is 2. The first-order chi connectivity index (χ1) is 9.74. The van der Waals surface area contributed by atoms with Crippen LogP contribution in [0.4, 0.5) is 11.5 Å². The molecule has 1 N–H and O–H groups in total. The van der Waals surface area contributed by atoms with Crippen LogP contribution in [0.15, 0.2) is 36.5 Å². The highest BCUT2D eigenvalue weighted by Crippen LogP contribution is 2.22. The van der Waals surface area contributed by atoms with E-state index in [2.05, 4.69) is 23.3 Å². The van der Waals surface area contributed by atoms with Gasteiger partial charge in [0, 0.05) is 11.9 Å². The van der Waals surface area contributed by atoms with Crippen molar-refractivity contribution in [2.75, 3.05) is 11.9 Å². The van der Waals surface area contributed by atoms with Crippen molar-refractivity contribution in [3.8, 4) is 11.8 Å². The van der Waals surface area contributed by atoms with Crippen LogP contribution >= 0.6 is 0 Å². The van der Waals surface area contributed by atoms with Gasteiger partial charge >= 0.3 is 0 Å². The van der Waals surface area contributed by atoms with Gasteiger partial charge in [-0.25, -0.2) is 4.98 Å². The highest BCUT2D eigenvalue weighted by atomic mass is 16.5. The van der Waals surface area contributed by atoms with Gasteiger partial charge in [-0.1, -0.05) is 6.92 Å². The Morgan fingerprint density at radius 1 is 1.25 bits per heavy atom. The number of aryl methyl sites for hydroxylation is 1. The standard InChI is InChI=1S/C16H17N3O/c1-3-10-20-14-6-4-13(5-7-14)19-16-15(11-17)12(2)8-9-18-16/h4-9H,3,10H2,1-2H3,(H,18,19). The molecule has 0 radical (unpaired) electrons. The molecule has 0 amide bonds. The second-order valence-electron chi connectivity index (χ2n) is 4.46. The third-order valence-corrected chi connectivity index (χ3v) is 2.86. The monoisotopic (exact) mass is 267 g/mol. The van der Waals surface area contributed by atoms with E-state index >= 15 is 0 Å². The predicted octanol–water partition coefficient (Wildman–Crippen LogP) is 3.79. The van der Waals surface area contributed by atoms with Gasteiger partial charge in [0.05, 0.1) is 12.2 Å². The van der Waals surface area contributed by atoms with Gasteiger partial charge in [-0.15, -0.1) is 0 Å². The average molecular weight is 267 g/mol. The SMILES string of the molecule is CCCOc1ccc(Nc2nccc(C)c2C#N)cc1. The lowest BCUT2D eigenvalue weighted by Crippen LogP contribution is -1.99. The Morgan fingerprint density at radius 2 is 2.00 bits per heavy atom. The summed E-state index contributed by atoms with van der Waals surface area (Å²) in [4.78, 5) is 4.21. The quantitative estimate of drug-likeness (QED) is 0.895. The Hall–Kier alpha value is -2.54. The van der Waals surface area contributed by atoms with Crippen molar-refractivity contribution >= 4 is 11.5 Å². The van der Waals surface area contributed by atoms with Gasteiger partial charge in [0.25, 0.3) is 0 Å². The van der Waals surface area contributed by atoms with E-state index in [0.717, 1.165) is 23.4 Å². The molecule has 0 aliphatic carbocycles. The Labute approximate surface area is 119 Å². The second-order valence-corrected chi connectivity index (χ2v) is 4.46. The minimum Gasteiger partial charge on any atom is -0.494 e. The zero-order chi connectivity index (χ0) is 14.4. The number of aromatic nitrogens is 1. The minimum absolute atomic E-state index is 0.568. The van der Waals surface area contributed by atoms with Crippen molar-refractivity contribution in [1.29, 1.82) is 5.26 Å². The van der Waals surface area contributed by atoms with Crippen LogP contribution in [-0.4, -0.2) is 11.6 Å². The highest BCUT2D eigenvalue weighted by molar-refractivity contribution is 5.64. The van der Waals surface area contributed by atoms with E-state index in [4.69, 9.17) is 10.00 Å². The fourth-order valence-corrected chi connectivity index (χ4v) is 1.79. The molecule has 0 spiro atoms. The lowest BCUT2D eigenvalue weighted by atomic mass is 10.1. The fraction of sp³-hybridized carbons (Fsp3) is 0.250. The molecule has 0 saturated heterocycles. The number of nitriles is 1. The van der Waals surface area contributed by atoms with Crippen molar-refractivity contribution < 1.29 is 4.74 Å². The Balaban J connectivity index is 2.15. The van der Waals surface area contributed by atoms with E-state index < -0.39 is 0 Å². The fourth-order valence-electron chi connectivity index (χ4n) is 1.79. The number of nitrogens with zero attached hydrogens (tertiary/aromatic N) is 2. The molecule has 0 atom stereocenters. The first kappa shape index (κ1) is 13.9. The molecule has 4 nitrogen and oxygen atoms in total. The Morgan fingerprint density at radius 3 is 2.65 bits per heavy atom. The molecular formula is C16H17N3O.